The van der Waals surface area contributed by atoms with E-state index < -0.39 is 21.9 Å². The number of benzene rings is 2. The number of urea groups is 1. The monoisotopic (exact) mass is 696 g/mol. The molecule has 0 saturated heterocycles. The predicted octanol–water partition coefficient (Wildman–Crippen LogP) is 7.32. The second-order valence-corrected chi connectivity index (χ2v) is 16.5. The lowest BCUT2D eigenvalue weighted by Crippen LogP contribution is -2.43. The van der Waals surface area contributed by atoms with E-state index in [1.165, 1.54) is 11.1 Å². The summed E-state index contributed by atoms with van der Waals surface area (Å²) in [7, 11) is -1.69. The van der Waals surface area contributed by atoms with Crippen molar-refractivity contribution in [3.05, 3.63) is 70.3 Å². The molecule has 2 saturated carbocycles. The third-order valence-electron chi connectivity index (χ3n) is 10.4. The normalized spacial score (nSPS) is 31.3. The minimum Gasteiger partial charge on any atom is -0.491 e. The largest absolute Gasteiger partial charge is 0.491 e. The molecule has 2 fully saturated rings. The van der Waals surface area contributed by atoms with Gasteiger partial charge in [0.15, 0.2) is 0 Å². The number of anilines is 1. The first-order valence-electron chi connectivity index (χ1n) is 17.5. The summed E-state index contributed by atoms with van der Waals surface area (Å²) in [5.41, 5.74) is 3.51. The number of fused-ring (bicyclic) bond motifs is 3. The third-order valence-corrected chi connectivity index (χ3v) is 12.6. The van der Waals surface area contributed by atoms with Crippen molar-refractivity contribution >= 4 is 39.1 Å². The van der Waals surface area contributed by atoms with E-state index in [1.54, 1.807) is 13.2 Å². The molecule has 7 atom stereocenters. The van der Waals surface area contributed by atoms with Crippen LogP contribution in [0.3, 0.4) is 0 Å². The molecule has 2 aromatic carbocycles. The van der Waals surface area contributed by atoms with Crippen LogP contribution in [0.1, 0.15) is 80.3 Å². The van der Waals surface area contributed by atoms with E-state index in [1.807, 2.05) is 25.1 Å². The van der Waals surface area contributed by atoms with Crippen molar-refractivity contribution in [2.75, 3.05) is 30.9 Å². The van der Waals surface area contributed by atoms with Crippen LogP contribution in [-0.4, -0.2) is 54.3 Å². The van der Waals surface area contributed by atoms with E-state index in [9.17, 15) is 13.8 Å². The number of allylic oxidation sites excluding steroid dienone is 1. The number of nitrogens with zero attached hydrogens (tertiary/aromatic N) is 2. The van der Waals surface area contributed by atoms with Crippen molar-refractivity contribution in [3.8, 4) is 5.75 Å². The number of carbonyl (C=O) groups excluding carboxylic acids is 2. The Morgan fingerprint density at radius 2 is 2.02 bits per heavy atom. The van der Waals surface area contributed by atoms with Gasteiger partial charge in [0.2, 0.25) is 0 Å². The number of methoxy groups -OCH3 is 1. The first-order valence-corrected chi connectivity index (χ1v) is 19.6. The van der Waals surface area contributed by atoms with Gasteiger partial charge in [0.1, 0.15) is 15.7 Å². The van der Waals surface area contributed by atoms with E-state index >= 15 is 0 Å². The molecule has 0 spiro atoms. The number of rotatable bonds is 4. The average molecular weight is 697 g/mol. The molecular weight excluding hydrogens is 648 g/mol. The maximum absolute atomic E-state index is 14.4. The summed E-state index contributed by atoms with van der Waals surface area (Å²) in [6, 6.07) is 11.0. The van der Waals surface area contributed by atoms with Gasteiger partial charge in [-0.3, -0.25) is 9.52 Å². The van der Waals surface area contributed by atoms with Crippen molar-refractivity contribution in [1.82, 2.24) is 10.0 Å². The third kappa shape index (κ3) is 8.37. The highest BCUT2D eigenvalue weighted by molar-refractivity contribution is 7.92. The van der Waals surface area contributed by atoms with E-state index in [0.717, 1.165) is 62.2 Å². The molecule has 260 valence electrons. The topological polar surface area (TPSA) is 109 Å². The minimum atomic E-state index is -3.45. The molecule has 2 aromatic rings. The first-order chi connectivity index (χ1) is 23.1. The zero-order valence-corrected chi connectivity index (χ0v) is 29.9. The molecule has 3 amide bonds. The van der Waals surface area contributed by atoms with Crippen LogP contribution in [0, 0.1) is 23.7 Å². The maximum Gasteiger partial charge on any atom is 0.327 e. The number of ether oxygens (including phenoxy) is 2. The summed E-state index contributed by atoms with van der Waals surface area (Å²) < 4.78 is 33.6. The molecular formula is C37H49ClN4O5S. The lowest BCUT2D eigenvalue weighted by atomic mass is 9.70. The predicted molar refractivity (Wildman–Crippen MR) is 191 cm³/mol. The smallest absolute Gasteiger partial charge is 0.327 e. The zero-order valence-electron chi connectivity index (χ0n) is 28.3. The number of amides is 3. The van der Waals surface area contributed by atoms with Crippen molar-refractivity contribution in [1.29, 1.82) is 0 Å². The van der Waals surface area contributed by atoms with Crippen molar-refractivity contribution in [3.63, 3.8) is 0 Å². The van der Waals surface area contributed by atoms with Crippen LogP contribution in [0.25, 0.3) is 0 Å². The Morgan fingerprint density at radius 1 is 1.17 bits per heavy atom. The Morgan fingerprint density at radius 3 is 2.77 bits per heavy atom. The highest BCUT2D eigenvalue weighted by Crippen LogP contribution is 2.42. The van der Waals surface area contributed by atoms with Crippen LogP contribution in [-0.2, 0) is 27.6 Å². The van der Waals surface area contributed by atoms with Crippen LogP contribution in [0.2, 0.25) is 5.02 Å². The lowest BCUT2D eigenvalue weighted by molar-refractivity contribution is 0.0133. The van der Waals surface area contributed by atoms with Crippen LogP contribution in [0.5, 0.6) is 5.75 Å². The number of aryl methyl sites for hydroxylation is 1. The van der Waals surface area contributed by atoms with Gasteiger partial charge in [-0.2, -0.15) is 0 Å². The molecule has 0 aromatic heterocycles. The Hall–Kier alpha value is -3.08. The molecule has 0 radical (unpaired) electrons. The van der Waals surface area contributed by atoms with Gasteiger partial charge in [-0.25, -0.2) is 9.00 Å². The van der Waals surface area contributed by atoms with Gasteiger partial charge in [-0.15, -0.1) is 4.36 Å². The summed E-state index contributed by atoms with van der Waals surface area (Å²) in [6.45, 7) is 5.96. The van der Waals surface area contributed by atoms with E-state index in [0.29, 0.717) is 48.6 Å². The second-order valence-electron chi connectivity index (χ2n) is 14.0. The standard InChI is InChI=1S/C37H49ClN4O5S/c1-4-25-19-32(25)39-37(44)41-48(45)23-24(2)8-7-10-34(46-3)31-15-12-29(31)22-42-21-28-11-14-30(38)18-26(28)9-5-6-17-47-35-16-13-27(20-33(35)42)36(43)40-48/h7,10-11,13-14,16,18,20,24-25,29,31-32,34H,4-6,8-9,12,15,17,19,21-23H2,1-3H3,(H2,39,40,41,43,44,45)/b10-7+/t24-,25+,29-,31+,32?,34-,48?/m0/s1. The minimum absolute atomic E-state index is 0.0432. The van der Waals surface area contributed by atoms with Crippen LogP contribution >= 0.6 is 11.6 Å². The molecule has 2 aliphatic carbocycles. The number of carbonyl (C=O) groups is 2. The number of hydrogen-bond acceptors (Lipinski definition) is 6. The quantitative estimate of drug-likeness (QED) is 0.325. The van der Waals surface area contributed by atoms with E-state index in [2.05, 4.69) is 50.5 Å². The maximum atomic E-state index is 14.4. The molecule has 4 aliphatic rings. The second kappa shape index (κ2) is 15.2. The fourth-order valence-electron chi connectivity index (χ4n) is 7.39. The molecule has 2 unspecified atom stereocenters. The number of nitrogens with one attached hydrogen (secondary N) is 2. The molecule has 2 aliphatic heterocycles. The summed E-state index contributed by atoms with van der Waals surface area (Å²) in [6.07, 6.45) is 11.5. The Bertz CT molecular complexity index is 1660. The Balaban J connectivity index is 1.41. The van der Waals surface area contributed by atoms with Crippen molar-refractivity contribution in [2.24, 2.45) is 28.0 Å². The fraction of sp³-hybridized carbons (Fsp3) is 0.568. The number of halogens is 1. The van der Waals surface area contributed by atoms with Gasteiger partial charge in [0.05, 0.1) is 24.2 Å². The zero-order chi connectivity index (χ0) is 33.8. The molecule has 2 heterocycles. The summed E-state index contributed by atoms with van der Waals surface area (Å²) in [4.78, 5) is 29.2. The highest BCUT2D eigenvalue weighted by Gasteiger charge is 2.39. The van der Waals surface area contributed by atoms with Gasteiger partial charge < -0.3 is 19.7 Å². The molecule has 9 nitrogen and oxygen atoms in total. The number of hydrogen-bond donors (Lipinski definition) is 2. The Kier molecular flexibility index (Phi) is 11.0. The molecule has 11 heteroatoms. The van der Waals surface area contributed by atoms with Crippen LogP contribution in [0.15, 0.2) is 52.9 Å². The highest BCUT2D eigenvalue weighted by atomic mass is 35.5. The first kappa shape index (κ1) is 34.8. The summed E-state index contributed by atoms with van der Waals surface area (Å²) in [5, 5.41) is 3.64. The van der Waals surface area contributed by atoms with E-state index in [4.69, 9.17) is 21.1 Å². The molecule has 48 heavy (non-hydrogen) atoms. The summed E-state index contributed by atoms with van der Waals surface area (Å²) in [5.74, 6) is 1.15. The SMILES string of the molecule is CC[C@@H]1CC1NC(=O)NS1(=O)=NC(=O)c2ccc3c(c2)N(Cc2ccc(Cl)cc2CCCCO3)C[C@@H]2CC[C@H]2[C@@H](OC)/C=C/C[C@H](C)C1. The fourth-order valence-corrected chi connectivity index (χ4v) is 9.42. The van der Waals surface area contributed by atoms with Crippen LogP contribution < -0.4 is 19.7 Å². The summed E-state index contributed by atoms with van der Waals surface area (Å²) >= 11 is 6.46. The van der Waals surface area contributed by atoms with Gasteiger partial charge in [-0.1, -0.05) is 50.1 Å². The average Bonchev–Trinajstić information content (AvgIpc) is 3.79. The Labute approximate surface area is 290 Å². The van der Waals surface area contributed by atoms with Gasteiger partial charge in [0.25, 0.3) is 5.91 Å². The molecule has 2 N–H and O–H groups in total. The molecule has 2 bridgehead atoms. The van der Waals surface area contributed by atoms with Crippen molar-refractivity contribution < 1.29 is 23.3 Å². The van der Waals surface area contributed by atoms with Gasteiger partial charge >= 0.3 is 6.03 Å². The molecule has 6 rings (SSSR count). The van der Waals surface area contributed by atoms with Crippen LogP contribution in [0.4, 0.5) is 10.5 Å². The van der Waals surface area contributed by atoms with Gasteiger partial charge in [-0.05, 0) is 110 Å². The van der Waals surface area contributed by atoms with E-state index in [-0.39, 0.29) is 23.8 Å². The van der Waals surface area contributed by atoms with Crippen molar-refractivity contribution in [2.45, 2.75) is 83.9 Å². The van der Waals surface area contributed by atoms with Gasteiger partial charge in [0, 0.05) is 36.8 Å². The lowest BCUT2D eigenvalue weighted by Gasteiger charge is -2.43.